The van der Waals surface area contributed by atoms with Crippen LogP contribution < -0.4 is 5.32 Å². The van der Waals surface area contributed by atoms with Gasteiger partial charge in [0.15, 0.2) is 6.61 Å². The van der Waals surface area contributed by atoms with Gasteiger partial charge >= 0.3 is 5.97 Å². The van der Waals surface area contributed by atoms with Gasteiger partial charge in [-0.15, -0.1) is 23.5 Å². The van der Waals surface area contributed by atoms with Crippen LogP contribution in [0.15, 0.2) is 18.2 Å². The average molecular weight is 444 g/mol. The molecule has 1 amide bonds. The van der Waals surface area contributed by atoms with Gasteiger partial charge in [0.05, 0.1) is 15.0 Å². The summed E-state index contributed by atoms with van der Waals surface area (Å²) in [5, 5.41) is 2.50. The van der Waals surface area contributed by atoms with Crippen LogP contribution in [0.5, 0.6) is 0 Å². The van der Waals surface area contributed by atoms with Crippen LogP contribution in [0.3, 0.4) is 0 Å². The summed E-state index contributed by atoms with van der Waals surface area (Å²) in [5.74, 6) is 2.15. The molecule has 1 N–H and O–H groups in total. The van der Waals surface area contributed by atoms with E-state index in [1.807, 2.05) is 0 Å². The second kappa shape index (κ2) is 8.44. The number of esters is 1. The highest BCUT2D eigenvalue weighted by Crippen LogP contribution is 2.64. The zero-order valence-electron chi connectivity index (χ0n) is 15.4. The summed E-state index contributed by atoms with van der Waals surface area (Å²) in [5.41, 5.74) is 0.372. The highest BCUT2D eigenvalue weighted by molar-refractivity contribution is 8.21. The van der Waals surface area contributed by atoms with E-state index in [0.717, 1.165) is 12.8 Å². The summed E-state index contributed by atoms with van der Waals surface area (Å²) in [6, 6.07) is 3.93. The third-order valence-electron chi connectivity index (χ3n) is 6.00. The molecule has 2 aliphatic carbocycles. The lowest BCUT2D eigenvalue weighted by atomic mass is 9.67. The van der Waals surface area contributed by atoms with Gasteiger partial charge in [0, 0.05) is 17.2 Å². The molecule has 4 nitrogen and oxygen atoms in total. The van der Waals surface area contributed by atoms with Crippen molar-refractivity contribution in [1.29, 1.82) is 0 Å². The van der Waals surface area contributed by atoms with E-state index in [2.05, 4.69) is 28.8 Å². The Hall–Kier alpha value is -0.920. The first-order valence-electron chi connectivity index (χ1n) is 9.67. The maximum Gasteiger partial charge on any atom is 0.309 e. The van der Waals surface area contributed by atoms with Crippen molar-refractivity contribution >= 4 is 52.7 Å². The fourth-order valence-corrected chi connectivity index (χ4v) is 8.94. The molecule has 28 heavy (non-hydrogen) atoms. The first-order chi connectivity index (χ1) is 13.5. The molecule has 1 heterocycles. The standard InChI is InChI=1S/C20H23ClFNO3S2/c21-16-10-15(4-5-17(16)22)23-18(24)11-26-19(25)12-8-13-2-1-3-14(9-12)20(13)27-6-7-28-20/h4-5,10,12-14H,1-3,6-9,11H2,(H,23,24)/t12?,13-,14+. The quantitative estimate of drug-likeness (QED) is 0.666. The predicted molar refractivity (Wildman–Crippen MR) is 112 cm³/mol. The Morgan fingerprint density at radius 1 is 1.21 bits per heavy atom. The van der Waals surface area contributed by atoms with Crippen LogP contribution in [0.2, 0.25) is 5.02 Å². The third-order valence-corrected chi connectivity index (χ3v) is 10.3. The molecule has 3 aliphatic rings. The van der Waals surface area contributed by atoms with E-state index < -0.39 is 11.7 Å². The Labute approximate surface area is 177 Å². The summed E-state index contributed by atoms with van der Waals surface area (Å²) < 4.78 is 18.8. The van der Waals surface area contributed by atoms with Crippen LogP contribution in [0.1, 0.15) is 32.1 Å². The van der Waals surface area contributed by atoms with Crippen LogP contribution in [-0.2, 0) is 14.3 Å². The van der Waals surface area contributed by atoms with Crippen molar-refractivity contribution in [2.24, 2.45) is 17.8 Å². The molecule has 1 unspecified atom stereocenters. The van der Waals surface area contributed by atoms with Crippen molar-refractivity contribution in [2.45, 2.75) is 36.2 Å². The van der Waals surface area contributed by atoms with Gasteiger partial charge in [-0.2, -0.15) is 0 Å². The number of benzene rings is 1. The van der Waals surface area contributed by atoms with Crippen LogP contribution >= 0.6 is 35.1 Å². The van der Waals surface area contributed by atoms with Crippen LogP contribution in [-0.4, -0.2) is 34.1 Å². The van der Waals surface area contributed by atoms with Gasteiger partial charge < -0.3 is 10.1 Å². The van der Waals surface area contributed by atoms with Gasteiger partial charge in [0.2, 0.25) is 0 Å². The number of amides is 1. The molecular formula is C20H23ClFNO3S2. The Balaban J connectivity index is 1.30. The highest BCUT2D eigenvalue weighted by Gasteiger charge is 2.55. The van der Waals surface area contributed by atoms with E-state index in [1.54, 1.807) is 0 Å². The van der Waals surface area contributed by atoms with Gasteiger partial charge in [0.1, 0.15) is 5.82 Å². The molecule has 0 radical (unpaired) electrons. The number of anilines is 1. The lowest BCUT2D eigenvalue weighted by Crippen LogP contribution is -2.48. The molecule has 1 aromatic rings. The van der Waals surface area contributed by atoms with Crippen molar-refractivity contribution in [3.05, 3.63) is 29.0 Å². The molecule has 2 bridgehead atoms. The topological polar surface area (TPSA) is 55.4 Å². The van der Waals surface area contributed by atoms with Crippen molar-refractivity contribution in [3.8, 4) is 0 Å². The van der Waals surface area contributed by atoms with Crippen LogP contribution in [0.25, 0.3) is 0 Å². The zero-order valence-corrected chi connectivity index (χ0v) is 17.8. The van der Waals surface area contributed by atoms with E-state index in [9.17, 15) is 14.0 Å². The lowest BCUT2D eigenvalue weighted by molar-refractivity contribution is -0.154. The maximum absolute atomic E-state index is 13.2. The number of nitrogens with one attached hydrogen (secondary N) is 1. The average Bonchev–Trinajstić information content (AvgIpc) is 3.12. The Bertz CT molecular complexity index is 756. The highest BCUT2D eigenvalue weighted by atomic mass is 35.5. The fourth-order valence-electron chi connectivity index (χ4n) is 4.83. The van der Waals surface area contributed by atoms with E-state index in [4.69, 9.17) is 16.3 Å². The first kappa shape index (κ1) is 20.4. The van der Waals surface area contributed by atoms with Gasteiger partial charge in [-0.1, -0.05) is 18.0 Å². The predicted octanol–water partition coefficient (Wildman–Crippen LogP) is 4.96. The van der Waals surface area contributed by atoms with Gasteiger partial charge in [0.25, 0.3) is 5.91 Å². The Morgan fingerprint density at radius 3 is 2.54 bits per heavy atom. The van der Waals surface area contributed by atoms with Crippen molar-refractivity contribution in [2.75, 3.05) is 23.4 Å². The van der Waals surface area contributed by atoms with Gasteiger partial charge in [-0.05, 0) is 55.7 Å². The molecule has 152 valence electrons. The van der Waals surface area contributed by atoms with Gasteiger partial charge in [-0.3, -0.25) is 9.59 Å². The molecule has 8 heteroatoms. The van der Waals surface area contributed by atoms with E-state index in [-0.39, 0.29) is 23.5 Å². The number of halogens is 2. The SMILES string of the molecule is O=C(COC(=O)C1C[C@H]2CCC[C@@H](C1)C21SCCS1)Nc1ccc(F)c(Cl)c1. The minimum absolute atomic E-state index is 0.0693. The third kappa shape index (κ3) is 4.03. The summed E-state index contributed by atoms with van der Waals surface area (Å²) in [7, 11) is 0. The maximum atomic E-state index is 13.2. The van der Waals surface area contributed by atoms with Crippen molar-refractivity contribution < 1.29 is 18.7 Å². The number of ether oxygens (including phenoxy) is 1. The molecule has 3 atom stereocenters. The molecule has 2 saturated carbocycles. The van der Waals surface area contributed by atoms with Crippen molar-refractivity contribution in [3.63, 3.8) is 0 Å². The molecule has 1 aliphatic heterocycles. The van der Waals surface area contributed by atoms with Crippen LogP contribution in [0, 0.1) is 23.6 Å². The number of rotatable bonds is 4. The van der Waals surface area contributed by atoms with Crippen LogP contribution in [0.4, 0.5) is 10.1 Å². The molecular weight excluding hydrogens is 421 g/mol. The van der Waals surface area contributed by atoms with Gasteiger partial charge in [-0.25, -0.2) is 4.39 Å². The minimum Gasteiger partial charge on any atom is -0.455 e. The monoisotopic (exact) mass is 443 g/mol. The number of carbonyl (C=O) groups excluding carboxylic acids is 2. The molecule has 1 saturated heterocycles. The molecule has 3 fully saturated rings. The molecule has 0 aromatic heterocycles. The minimum atomic E-state index is -0.551. The van der Waals surface area contributed by atoms with E-state index >= 15 is 0 Å². The summed E-state index contributed by atoms with van der Waals surface area (Å²) >= 11 is 9.91. The number of hydrogen-bond donors (Lipinski definition) is 1. The summed E-state index contributed by atoms with van der Waals surface area (Å²) in [6.45, 7) is -0.339. The normalized spacial score (nSPS) is 28.1. The van der Waals surface area contributed by atoms with E-state index in [0.29, 0.717) is 21.6 Å². The zero-order chi connectivity index (χ0) is 19.7. The Kier molecular flexibility index (Phi) is 6.14. The number of hydrogen-bond acceptors (Lipinski definition) is 5. The number of thioether (sulfide) groups is 2. The number of carbonyl (C=O) groups is 2. The fraction of sp³-hybridized carbons (Fsp3) is 0.600. The lowest BCUT2D eigenvalue weighted by Gasteiger charge is -2.51. The second-order valence-electron chi connectivity index (χ2n) is 7.70. The van der Waals surface area contributed by atoms with E-state index in [1.165, 1.54) is 49.0 Å². The largest absolute Gasteiger partial charge is 0.455 e. The molecule has 1 aromatic carbocycles. The first-order valence-corrected chi connectivity index (χ1v) is 12.0. The summed E-state index contributed by atoms with van der Waals surface area (Å²) in [4.78, 5) is 24.7. The Morgan fingerprint density at radius 2 is 1.89 bits per heavy atom. The molecule has 4 rings (SSSR count). The molecule has 1 spiro atoms. The second-order valence-corrected chi connectivity index (χ2v) is 11.1. The van der Waals surface area contributed by atoms with Crippen molar-refractivity contribution in [1.82, 2.24) is 0 Å². The summed E-state index contributed by atoms with van der Waals surface area (Å²) in [6.07, 6.45) is 5.36. The smallest absolute Gasteiger partial charge is 0.309 e.